The molecule has 2 aliphatic rings. The highest BCUT2D eigenvalue weighted by molar-refractivity contribution is 4.91. The molecule has 0 aliphatic carbocycles. The molecule has 17 heavy (non-hydrogen) atoms. The molecule has 2 fully saturated rings. The lowest BCUT2D eigenvalue weighted by atomic mass is 10.1. The summed E-state index contributed by atoms with van der Waals surface area (Å²) in [5.74, 6) is 0.756. The molecule has 2 aliphatic heterocycles. The maximum Gasteiger partial charge on any atom is 0.227 e. The van der Waals surface area contributed by atoms with E-state index in [9.17, 15) is 0 Å². The Morgan fingerprint density at radius 1 is 1.47 bits per heavy atom. The highest BCUT2D eigenvalue weighted by Gasteiger charge is 2.33. The predicted octanol–water partition coefficient (Wildman–Crippen LogP) is 0.781. The number of aromatic nitrogens is 2. The first-order valence-electron chi connectivity index (χ1n) is 6.56. The molecule has 0 aromatic carbocycles. The topological polar surface area (TPSA) is 45.4 Å². The molecule has 2 atom stereocenters. The summed E-state index contributed by atoms with van der Waals surface area (Å²) >= 11 is 0. The highest BCUT2D eigenvalue weighted by Crippen LogP contribution is 2.24. The van der Waals surface area contributed by atoms with E-state index in [1.807, 2.05) is 0 Å². The Hall–Kier alpha value is -0.940. The Bertz CT molecular complexity index is 353. The molecule has 1 aromatic heterocycles. The van der Waals surface area contributed by atoms with Crippen LogP contribution in [-0.4, -0.2) is 58.2 Å². The van der Waals surface area contributed by atoms with Gasteiger partial charge in [0.2, 0.25) is 5.89 Å². The summed E-state index contributed by atoms with van der Waals surface area (Å²) in [6.07, 6.45) is 5.09. The Balaban J connectivity index is 1.55. The molecule has 0 bridgehead atoms. The molecule has 5 nitrogen and oxygen atoms in total. The van der Waals surface area contributed by atoms with Gasteiger partial charge in [0.25, 0.3) is 0 Å². The minimum absolute atomic E-state index is 0.646. The number of rotatable bonds is 3. The van der Waals surface area contributed by atoms with Gasteiger partial charge in [0.15, 0.2) is 6.33 Å². The Morgan fingerprint density at radius 3 is 3.24 bits per heavy atom. The van der Waals surface area contributed by atoms with Crippen molar-refractivity contribution in [1.29, 1.82) is 0 Å². The molecule has 0 amide bonds. The molecular weight excluding hydrogens is 216 g/mol. The second-order valence-electron chi connectivity index (χ2n) is 5.22. The number of hydrogen-bond donors (Lipinski definition) is 0. The summed E-state index contributed by atoms with van der Waals surface area (Å²) in [5.41, 5.74) is 0. The van der Waals surface area contributed by atoms with Gasteiger partial charge >= 0.3 is 0 Å². The van der Waals surface area contributed by atoms with Crippen LogP contribution in [-0.2, 0) is 6.42 Å². The van der Waals surface area contributed by atoms with Gasteiger partial charge in [-0.1, -0.05) is 5.16 Å². The zero-order valence-corrected chi connectivity index (χ0v) is 10.4. The van der Waals surface area contributed by atoms with Gasteiger partial charge in [-0.3, -0.25) is 9.80 Å². The average Bonchev–Trinajstić information content (AvgIpc) is 2.95. The Morgan fingerprint density at radius 2 is 2.41 bits per heavy atom. The third-order valence-electron chi connectivity index (χ3n) is 4.09. The number of piperazine rings is 1. The molecule has 0 saturated carbocycles. The SMILES string of the molecule is CC1CN2CCCC2CN1CCc1ncno1. The lowest BCUT2D eigenvalue weighted by molar-refractivity contribution is 0.0590. The van der Waals surface area contributed by atoms with Crippen LogP contribution >= 0.6 is 0 Å². The van der Waals surface area contributed by atoms with Crippen LogP contribution in [0.5, 0.6) is 0 Å². The van der Waals surface area contributed by atoms with Crippen molar-refractivity contribution in [3.63, 3.8) is 0 Å². The quantitative estimate of drug-likeness (QED) is 0.776. The molecule has 3 heterocycles. The van der Waals surface area contributed by atoms with Crippen LogP contribution in [0.1, 0.15) is 25.7 Å². The average molecular weight is 236 g/mol. The van der Waals surface area contributed by atoms with Crippen molar-refractivity contribution < 1.29 is 4.52 Å². The van der Waals surface area contributed by atoms with E-state index in [4.69, 9.17) is 4.52 Å². The largest absolute Gasteiger partial charge is 0.340 e. The van der Waals surface area contributed by atoms with Crippen LogP contribution in [0.25, 0.3) is 0 Å². The summed E-state index contributed by atoms with van der Waals surface area (Å²) in [5, 5.41) is 3.65. The van der Waals surface area contributed by atoms with Gasteiger partial charge in [-0.05, 0) is 26.3 Å². The lowest BCUT2D eigenvalue weighted by Gasteiger charge is -2.42. The fraction of sp³-hybridized carbons (Fsp3) is 0.833. The molecule has 3 rings (SSSR count). The van der Waals surface area contributed by atoms with E-state index >= 15 is 0 Å². The highest BCUT2D eigenvalue weighted by atomic mass is 16.5. The summed E-state index contributed by atoms with van der Waals surface area (Å²) in [6.45, 7) is 7.08. The van der Waals surface area contributed by atoms with Crippen LogP contribution in [0.15, 0.2) is 10.9 Å². The number of nitrogens with zero attached hydrogens (tertiary/aromatic N) is 4. The van der Waals surface area contributed by atoms with E-state index in [1.54, 1.807) is 0 Å². The smallest absolute Gasteiger partial charge is 0.227 e. The molecular formula is C12H20N4O. The maximum absolute atomic E-state index is 5.05. The van der Waals surface area contributed by atoms with E-state index in [2.05, 4.69) is 26.9 Å². The van der Waals surface area contributed by atoms with Gasteiger partial charge in [-0.2, -0.15) is 4.98 Å². The summed E-state index contributed by atoms with van der Waals surface area (Å²) in [6, 6.07) is 1.43. The van der Waals surface area contributed by atoms with Gasteiger partial charge in [-0.25, -0.2) is 0 Å². The van der Waals surface area contributed by atoms with Crippen LogP contribution in [0, 0.1) is 0 Å². The molecule has 94 valence electrons. The standard InChI is InChI=1S/C12H20N4O/c1-10-7-16-5-2-3-11(16)8-15(10)6-4-12-13-9-14-17-12/h9-11H,2-8H2,1H3. The lowest BCUT2D eigenvalue weighted by Crippen LogP contribution is -2.55. The van der Waals surface area contributed by atoms with E-state index in [1.165, 1.54) is 38.8 Å². The summed E-state index contributed by atoms with van der Waals surface area (Å²) < 4.78 is 5.05. The van der Waals surface area contributed by atoms with Crippen molar-refractivity contribution in [2.75, 3.05) is 26.2 Å². The predicted molar refractivity (Wildman–Crippen MR) is 63.6 cm³/mol. The van der Waals surface area contributed by atoms with E-state index in [-0.39, 0.29) is 0 Å². The van der Waals surface area contributed by atoms with Crippen LogP contribution in [0.2, 0.25) is 0 Å². The monoisotopic (exact) mass is 236 g/mol. The minimum atomic E-state index is 0.646. The number of fused-ring (bicyclic) bond motifs is 1. The second kappa shape index (κ2) is 4.74. The van der Waals surface area contributed by atoms with Gasteiger partial charge < -0.3 is 4.52 Å². The van der Waals surface area contributed by atoms with Gasteiger partial charge in [-0.15, -0.1) is 0 Å². The summed E-state index contributed by atoms with van der Waals surface area (Å²) in [4.78, 5) is 9.29. The first kappa shape index (κ1) is 11.2. The first-order valence-corrected chi connectivity index (χ1v) is 6.56. The van der Waals surface area contributed by atoms with Crippen LogP contribution in [0.4, 0.5) is 0 Å². The van der Waals surface area contributed by atoms with Crippen molar-refractivity contribution in [3.8, 4) is 0 Å². The molecule has 2 saturated heterocycles. The van der Waals surface area contributed by atoms with E-state index in [0.29, 0.717) is 6.04 Å². The van der Waals surface area contributed by atoms with Gasteiger partial charge in [0.1, 0.15) is 0 Å². The van der Waals surface area contributed by atoms with Crippen molar-refractivity contribution >= 4 is 0 Å². The zero-order chi connectivity index (χ0) is 11.7. The molecule has 2 unspecified atom stereocenters. The van der Waals surface area contributed by atoms with E-state index < -0.39 is 0 Å². The minimum Gasteiger partial charge on any atom is -0.340 e. The van der Waals surface area contributed by atoms with Crippen molar-refractivity contribution in [2.24, 2.45) is 0 Å². The van der Waals surface area contributed by atoms with Crippen molar-refractivity contribution in [1.82, 2.24) is 19.9 Å². The molecule has 1 aromatic rings. The third kappa shape index (κ3) is 2.35. The van der Waals surface area contributed by atoms with Crippen LogP contribution in [0.3, 0.4) is 0 Å². The fourth-order valence-corrected chi connectivity index (χ4v) is 3.10. The normalized spacial score (nSPS) is 30.6. The summed E-state index contributed by atoms with van der Waals surface area (Å²) in [7, 11) is 0. The Kier molecular flexibility index (Phi) is 3.11. The number of hydrogen-bond acceptors (Lipinski definition) is 5. The zero-order valence-electron chi connectivity index (χ0n) is 10.4. The van der Waals surface area contributed by atoms with Crippen molar-refractivity contribution in [3.05, 3.63) is 12.2 Å². The van der Waals surface area contributed by atoms with Gasteiger partial charge in [0, 0.05) is 38.1 Å². The van der Waals surface area contributed by atoms with E-state index in [0.717, 1.165) is 24.9 Å². The molecule has 5 heteroatoms. The maximum atomic E-state index is 5.05. The van der Waals surface area contributed by atoms with Crippen LogP contribution < -0.4 is 0 Å². The van der Waals surface area contributed by atoms with Gasteiger partial charge in [0.05, 0.1) is 0 Å². The molecule has 0 radical (unpaired) electrons. The molecule has 0 N–H and O–H groups in total. The third-order valence-corrected chi connectivity index (χ3v) is 4.09. The Labute approximate surface area is 102 Å². The first-order chi connectivity index (χ1) is 8.33. The fourth-order valence-electron chi connectivity index (χ4n) is 3.10. The van der Waals surface area contributed by atoms with Crippen molar-refractivity contribution in [2.45, 2.75) is 38.3 Å². The molecule has 0 spiro atoms. The second-order valence-corrected chi connectivity index (χ2v) is 5.22.